The second-order valence-corrected chi connectivity index (χ2v) is 7.54. The van der Waals surface area contributed by atoms with Crippen molar-refractivity contribution in [2.75, 3.05) is 36.8 Å². The van der Waals surface area contributed by atoms with Crippen molar-refractivity contribution in [3.05, 3.63) is 52.8 Å². The van der Waals surface area contributed by atoms with E-state index in [-0.39, 0.29) is 36.4 Å². The number of ketones is 2. The number of carbonyl (C=O) groups excluding carboxylic acids is 2. The Balaban J connectivity index is 0.00000256. The molecule has 0 spiro atoms. The summed E-state index contributed by atoms with van der Waals surface area (Å²) in [5.74, 6) is -0.304. The lowest BCUT2D eigenvalue weighted by Crippen LogP contribution is -2.25. The first-order chi connectivity index (χ1) is 14.7. The molecule has 0 bridgehead atoms. The van der Waals surface area contributed by atoms with E-state index in [4.69, 9.17) is 11.5 Å². The Labute approximate surface area is 201 Å². The van der Waals surface area contributed by atoms with Gasteiger partial charge in [0.1, 0.15) is 0 Å². The van der Waals surface area contributed by atoms with E-state index in [1.807, 2.05) is 12.1 Å². The highest BCUT2D eigenvalue weighted by atomic mass is 35.5. The smallest absolute Gasteiger partial charge is 0.198 e. The molecule has 1 heterocycles. The van der Waals surface area contributed by atoms with Crippen molar-refractivity contribution in [1.82, 2.24) is 4.98 Å². The Morgan fingerprint density at radius 3 is 1.69 bits per heavy atom. The van der Waals surface area contributed by atoms with Gasteiger partial charge in [0.05, 0.1) is 16.7 Å². The average molecular weight is 482 g/mol. The van der Waals surface area contributed by atoms with E-state index in [1.54, 1.807) is 12.3 Å². The van der Waals surface area contributed by atoms with Crippen LogP contribution >= 0.6 is 24.8 Å². The summed E-state index contributed by atoms with van der Waals surface area (Å²) in [6.45, 7) is 2.80. The number of fused-ring (bicyclic) bond motifs is 2. The van der Waals surface area contributed by atoms with Gasteiger partial charge in [0, 0.05) is 42.4 Å². The van der Waals surface area contributed by atoms with Crippen LogP contribution in [0.25, 0.3) is 0 Å². The molecule has 0 radical (unpaired) electrons. The first-order valence-corrected chi connectivity index (χ1v) is 10.8. The normalized spacial score (nSPS) is 11.7. The summed E-state index contributed by atoms with van der Waals surface area (Å²) in [4.78, 5) is 30.6. The van der Waals surface area contributed by atoms with Gasteiger partial charge in [-0.1, -0.05) is 12.8 Å². The van der Waals surface area contributed by atoms with Gasteiger partial charge < -0.3 is 22.1 Å². The molecule has 176 valence electrons. The molecule has 0 saturated heterocycles. The number of nitrogens with two attached hydrogens (primary N) is 2. The van der Waals surface area contributed by atoms with Crippen molar-refractivity contribution in [2.45, 2.75) is 38.5 Å². The van der Waals surface area contributed by atoms with Crippen LogP contribution in [0.2, 0.25) is 0 Å². The molecule has 0 aliphatic heterocycles. The summed E-state index contributed by atoms with van der Waals surface area (Å²) in [6, 6.07) is 5.40. The van der Waals surface area contributed by atoms with Crippen LogP contribution in [0.15, 0.2) is 30.6 Å². The lowest BCUT2D eigenvalue weighted by Gasteiger charge is -2.23. The minimum atomic E-state index is -0.163. The van der Waals surface area contributed by atoms with Gasteiger partial charge in [-0.3, -0.25) is 14.6 Å². The van der Waals surface area contributed by atoms with Gasteiger partial charge in [-0.2, -0.15) is 0 Å². The zero-order valence-corrected chi connectivity index (χ0v) is 19.8. The maximum absolute atomic E-state index is 13.3. The molecule has 9 heteroatoms. The van der Waals surface area contributed by atoms with Crippen LogP contribution in [0.4, 0.5) is 11.4 Å². The monoisotopic (exact) mass is 481 g/mol. The zero-order valence-electron chi connectivity index (χ0n) is 18.2. The number of pyridine rings is 1. The SMILES string of the molecule is Cl.Cl.NCCCCCNc1ccc(NCCCCCN)c2c1C(=O)c1ccncc1C2=O. The molecular weight excluding hydrogens is 449 g/mol. The molecule has 1 aliphatic rings. The second kappa shape index (κ2) is 14.1. The summed E-state index contributed by atoms with van der Waals surface area (Å²) in [5, 5.41) is 6.70. The predicted octanol–water partition coefficient (Wildman–Crippen LogP) is 3.78. The van der Waals surface area contributed by atoms with Crippen LogP contribution in [0, 0.1) is 0 Å². The number of aromatic nitrogens is 1. The third-order valence-corrected chi connectivity index (χ3v) is 5.36. The van der Waals surface area contributed by atoms with Gasteiger partial charge in [0.25, 0.3) is 0 Å². The summed E-state index contributed by atoms with van der Waals surface area (Å²) in [5.41, 5.74) is 14.2. The zero-order chi connectivity index (χ0) is 21.3. The van der Waals surface area contributed by atoms with E-state index in [0.29, 0.717) is 46.7 Å². The highest BCUT2D eigenvalue weighted by Crippen LogP contribution is 2.36. The van der Waals surface area contributed by atoms with E-state index in [2.05, 4.69) is 15.6 Å². The number of rotatable bonds is 12. The average Bonchev–Trinajstić information content (AvgIpc) is 2.77. The van der Waals surface area contributed by atoms with Crippen molar-refractivity contribution in [3.63, 3.8) is 0 Å². The number of anilines is 2. The Morgan fingerprint density at radius 1 is 0.688 bits per heavy atom. The maximum atomic E-state index is 13.3. The number of hydrogen-bond donors (Lipinski definition) is 4. The van der Waals surface area contributed by atoms with E-state index in [0.717, 1.165) is 51.6 Å². The van der Waals surface area contributed by atoms with Gasteiger partial charge >= 0.3 is 0 Å². The van der Waals surface area contributed by atoms with Gasteiger partial charge in [-0.15, -0.1) is 24.8 Å². The molecule has 1 aliphatic carbocycles. The molecule has 0 saturated carbocycles. The van der Waals surface area contributed by atoms with Crippen molar-refractivity contribution in [3.8, 4) is 0 Å². The molecule has 0 unspecified atom stereocenters. The number of unbranched alkanes of at least 4 members (excludes halogenated alkanes) is 4. The van der Waals surface area contributed by atoms with Crippen molar-refractivity contribution in [1.29, 1.82) is 0 Å². The van der Waals surface area contributed by atoms with Gasteiger partial charge in [-0.25, -0.2) is 0 Å². The maximum Gasteiger partial charge on any atom is 0.198 e. The Kier molecular flexibility index (Phi) is 12.2. The van der Waals surface area contributed by atoms with Crippen molar-refractivity contribution >= 4 is 47.8 Å². The largest absolute Gasteiger partial charge is 0.384 e. The van der Waals surface area contributed by atoms with Crippen LogP contribution < -0.4 is 22.1 Å². The summed E-state index contributed by atoms with van der Waals surface area (Å²) in [7, 11) is 0. The summed E-state index contributed by atoms with van der Waals surface area (Å²) in [6.07, 6.45) is 8.94. The third-order valence-electron chi connectivity index (χ3n) is 5.36. The third kappa shape index (κ3) is 6.42. The number of hydrogen-bond acceptors (Lipinski definition) is 7. The number of carbonyl (C=O) groups is 2. The van der Waals surface area contributed by atoms with Crippen molar-refractivity contribution in [2.24, 2.45) is 11.5 Å². The van der Waals surface area contributed by atoms with Gasteiger partial charge in [0.15, 0.2) is 11.6 Å². The fourth-order valence-electron chi connectivity index (χ4n) is 3.75. The van der Waals surface area contributed by atoms with Crippen LogP contribution in [-0.4, -0.2) is 42.7 Å². The number of nitrogens with zero attached hydrogens (tertiary/aromatic N) is 1. The van der Waals surface area contributed by atoms with Crippen LogP contribution in [0.5, 0.6) is 0 Å². The first kappa shape index (κ1) is 27.8. The van der Waals surface area contributed by atoms with E-state index in [9.17, 15) is 9.59 Å². The highest BCUT2D eigenvalue weighted by Gasteiger charge is 2.34. The van der Waals surface area contributed by atoms with Crippen LogP contribution in [-0.2, 0) is 0 Å². The molecule has 0 atom stereocenters. The molecule has 32 heavy (non-hydrogen) atoms. The molecule has 7 nitrogen and oxygen atoms in total. The van der Waals surface area contributed by atoms with Crippen LogP contribution in [0.1, 0.15) is 70.4 Å². The lowest BCUT2D eigenvalue weighted by molar-refractivity contribution is 0.0980. The first-order valence-electron chi connectivity index (χ1n) is 10.8. The fourth-order valence-corrected chi connectivity index (χ4v) is 3.75. The van der Waals surface area contributed by atoms with E-state index < -0.39 is 0 Å². The molecule has 1 aromatic carbocycles. The molecule has 0 amide bonds. The summed E-state index contributed by atoms with van der Waals surface area (Å²) < 4.78 is 0. The van der Waals surface area contributed by atoms with Crippen molar-refractivity contribution < 1.29 is 9.59 Å². The number of nitrogens with one attached hydrogen (secondary N) is 2. The predicted molar refractivity (Wildman–Crippen MR) is 135 cm³/mol. The molecule has 6 N–H and O–H groups in total. The lowest BCUT2D eigenvalue weighted by atomic mass is 9.83. The second-order valence-electron chi connectivity index (χ2n) is 7.54. The quantitative estimate of drug-likeness (QED) is 0.290. The highest BCUT2D eigenvalue weighted by molar-refractivity contribution is 6.31. The molecule has 2 aromatic rings. The Hall–Kier alpha value is -2.19. The molecule has 3 rings (SSSR count). The number of halogens is 2. The molecule has 1 aromatic heterocycles. The summed E-state index contributed by atoms with van der Waals surface area (Å²) >= 11 is 0. The van der Waals surface area contributed by atoms with Crippen LogP contribution in [0.3, 0.4) is 0 Å². The van der Waals surface area contributed by atoms with E-state index >= 15 is 0 Å². The Bertz CT molecular complexity index is 836. The van der Waals surface area contributed by atoms with Gasteiger partial charge in [-0.05, 0) is 57.0 Å². The van der Waals surface area contributed by atoms with Gasteiger partial charge in [0.2, 0.25) is 0 Å². The number of benzene rings is 1. The van der Waals surface area contributed by atoms with E-state index in [1.165, 1.54) is 6.20 Å². The minimum absolute atomic E-state index is 0. The topological polar surface area (TPSA) is 123 Å². The fraction of sp³-hybridized carbons (Fsp3) is 0.435. The minimum Gasteiger partial charge on any atom is -0.384 e. The standard InChI is InChI=1S/C23H31N5O2.2ClH/c24-10-3-1-5-12-27-18-7-8-19(28-13-6-2-4-11-25)21-20(18)22(29)16-9-14-26-15-17(16)23(21)30;;/h7-9,14-15,27-28H,1-6,10-13,24-25H2;2*1H. The molecular formula is C23H33Cl2N5O2. The molecule has 0 fully saturated rings. The Morgan fingerprint density at radius 2 is 1.19 bits per heavy atom.